The van der Waals surface area contributed by atoms with E-state index in [9.17, 15) is 14.4 Å². The third-order valence-electron chi connectivity index (χ3n) is 4.52. The van der Waals surface area contributed by atoms with E-state index in [1.165, 1.54) is 44.2 Å². The lowest BCUT2D eigenvalue weighted by Crippen LogP contribution is -2.16. The Bertz CT molecular complexity index is 1120. The molecule has 32 heavy (non-hydrogen) atoms. The van der Waals surface area contributed by atoms with Gasteiger partial charge in [-0.15, -0.1) is 10.2 Å². The van der Waals surface area contributed by atoms with Crippen LogP contribution >= 0.6 is 11.8 Å². The first-order valence-electron chi connectivity index (χ1n) is 9.60. The number of ether oxygens (including phenoxy) is 2. The van der Waals surface area contributed by atoms with Crippen molar-refractivity contribution >= 4 is 35.3 Å². The summed E-state index contributed by atoms with van der Waals surface area (Å²) in [4.78, 5) is 36.3. The number of nitrogens with zero attached hydrogens (tertiary/aromatic N) is 3. The van der Waals surface area contributed by atoms with E-state index in [0.29, 0.717) is 17.5 Å². The van der Waals surface area contributed by atoms with E-state index in [1.807, 2.05) is 24.5 Å². The van der Waals surface area contributed by atoms with E-state index >= 15 is 0 Å². The molecule has 0 unspecified atom stereocenters. The zero-order valence-corrected chi connectivity index (χ0v) is 18.8. The number of aryl methyl sites for hydroxylation is 1. The van der Waals surface area contributed by atoms with Crippen LogP contribution in [0.15, 0.2) is 40.1 Å². The van der Waals surface area contributed by atoms with Crippen molar-refractivity contribution in [2.45, 2.75) is 25.5 Å². The highest BCUT2D eigenvalue weighted by Crippen LogP contribution is 2.27. The predicted octanol–water partition coefficient (Wildman–Crippen LogP) is 3.17. The number of esters is 2. The minimum absolute atomic E-state index is 0.0402. The van der Waals surface area contributed by atoms with Crippen LogP contribution in [0.3, 0.4) is 0 Å². The molecule has 0 bridgehead atoms. The van der Waals surface area contributed by atoms with Crippen LogP contribution in [0, 0.1) is 6.92 Å². The quantitative estimate of drug-likeness (QED) is 0.400. The number of hydrogen-bond acceptors (Lipinski definition) is 9. The van der Waals surface area contributed by atoms with Crippen LogP contribution in [-0.2, 0) is 20.8 Å². The molecule has 1 amide bonds. The third kappa shape index (κ3) is 4.99. The fourth-order valence-corrected chi connectivity index (χ4v) is 3.80. The van der Waals surface area contributed by atoms with E-state index < -0.39 is 11.9 Å². The molecule has 3 rings (SSSR count). The zero-order chi connectivity index (χ0) is 23.3. The molecule has 0 saturated heterocycles. The summed E-state index contributed by atoms with van der Waals surface area (Å²) >= 11 is 1.22. The monoisotopic (exact) mass is 458 g/mol. The maximum Gasteiger partial charge on any atom is 0.337 e. The molecule has 10 nitrogen and oxygen atoms in total. The molecule has 11 heteroatoms. The smallest absolute Gasteiger partial charge is 0.337 e. The number of thioether (sulfide) groups is 1. The number of furan rings is 1. The van der Waals surface area contributed by atoms with Gasteiger partial charge < -0.3 is 23.8 Å². The van der Waals surface area contributed by atoms with Crippen molar-refractivity contribution in [2.75, 3.05) is 25.3 Å². The molecular formula is C21H22N4O6S. The number of anilines is 1. The first-order chi connectivity index (χ1) is 15.4. The van der Waals surface area contributed by atoms with Crippen LogP contribution < -0.4 is 5.32 Å². The Labute approximate surface area is 188 Å². The van der Waals surface area contributed by atoms with Gasteiger partial charge in [0.2, 0.25) is 5.91 Å². The second kappa shape index (κ2) is 10.1. The third-order valence-corrected chi connectivity index (χ3v) is 5.49. The first kappa shape index (κ1) is 23.1. The maximum absolute atomic E-state index is 12.5. The van der Waals surface area contributed by atoms with Gasteiger partial charge in [0.05, 0.1) is 42.9 Å². The summed E-state index contributed by atoms with van der Waals surface area (Å²) in [6.45, 7) is 4.41. The van der Waals surface area contributed by atoms with E-state index in [-0.39, 0.29) is 28.5 Å². The number of benzene rings is 1. The highest BCUT2D eigenvalue weighted by molar-refractivity contribution is 7.99. The number of carbonyl (C=O) groups is 3. The lowest BCUT2D eigenvalue weighted by Gasteiger charge is -2.10. The number of methoxy groups -OCH3 is 2. The molecule has 2 aromatic heterocycles. The minimum Gasteiger partial charge on any atom is -0.469 e. The Morgan fingerprint density at radius 2 is 1.75 bits per heavy atom. The number of rotatable bonds is 8. The summed E-state index contributed by atoms with van der Waals surface area (Å²) < 4.78 is 16.6. The number of aromatic nitrogens is 3. The Morgan fingerprint density at radius 3 is 2.28 bits per heavy atom. The lowest BCUT2D eigenvalue weighted by atomic mass is 10.1. The Morgan fingerprint density at radius 1 is 1.09 bits per heavy atom. The molecule has 0 spiro atoms. The second-order valence-electron chi connectivity index (χ2n) is 6.56. The summed E-state index contributed by atoms with van der Waals surface area (Å²) in [5.74, 6) is -0.195. The van der Waals surface area contributed by atoms with Crippen LogP contribution in [0.2, 0.25) is 0 Å². The molecule has 0 atom stereocenters. The van der Waals surface area contributed by atoms with Crippen molar-refractivity contribution < 1.29 is 28.3 Å². The standard InChI is InChI=1S/C21H22N4O6S/c1-5-25-18(16-6-7-31-12(16)2)23-24-21(25)32-11-17(26)22-15-9-13(19(27)29-3)8-14(10-15)20(28)30-4/h6-10H,5,11H2,1-4H3,(H,22,26). The van der Waals surface area contributed by atoms with E-state index in [2.05, 4.69) is 15.5 Å². The molecule has 1 aromatic carbocycles. The molecule has 168 valence electrons. The van der Waals surface area contributed by atoms with Gasteiger partial charge in [-0.3, -0.25) is 4.79 Å². The Balaban J connectivity index is 1.74. The molecule has 0 aliphatic heterocycles. The predicted molar refractivity (Wildman–Crippen MR) is 117 cm³/mol. The molecule has 0 aliphatic rings. The topological polar surface area (TPSA) is 126 Å². The summed E-state index contributed by atoms with van der Waals surface area (Å²) in [5.41, 5.74) is 1.34. The highest BCUT2D eigenvalue weighted by atomic mass is 32.2. The Hall–Kier alpha value is -3.60. The van der Waals surface area contributed by atoms with Gasteiger partial charge in [-0.1, -0.05) is 11.8 Å². The summed E-state index contributed by atoms with van der Waals surface area (Å²) in [7, 11) is 2.45. The average molecular weight is 458 g/mol. The van der Waals surface area contributed by atoms with Gasteiger partial charge in [0.15, 0.2) is 11.0 Å². The minimum atomic E-state index is -0.640. The lowest BCUT2D eigenvalue weighted by molar-refractivity contribution is -0.113. The van der Waals surface area contributed by atoms with Gasteiger partial charge in [0.1, 0.15) is 5.76 Å². The van der Waals surface area contributed by atoms with Crippen LogP contribution in [0.1, 0.15) is 33.4 Å². The zero-order valence-electron chi connectivity index (χ0n) is 18.0. The summed E-state index contributed by atoms with van der Waals surface area (Å²) in [6.07, 6.45) is 1.59. The van der Waals surface area contributed by atoms with Crippen LogP contribution in [-0.4, -0.2) is 52.6 Å². The summed E-state index contributed by atoms with van der Waals surface area (Å²) in [6, 6.07) is 6.01. The fraction of sp³-hybridized carbons (Fsp3) is 0.286. The molecule has 0 fully saturated rings. The van der Waals surface area contributed by atoms with Crippen molar-refractivity contribution in [3.05, 3.63) is 47.4 Å². The SMILES string of the molecule is CCn1c(SCC(=O)Nc2cc(C(=O)OC)cc(C(=O)OC)c2)nnc1-c1ccoc1C. The van der Waals surface area contributed by atoms with Gasteiger partial charge in [-0.05, 0) is 38.1 Å². The van der Waals surface area contributed by atoms with Crippen LogP contribution in [0.5, 0.6) is 0 Å². The van der Waals surface area contributed by atoms with Gasteiger partial charge in [0.25, 0.3) is 0 Å². The van der Waals surface area contributed by atoms with Crippen LogP contribution in [0.4, 0.5) is 5.69 Å². The van der Waals surface area contributed by atoms with E-state index in [4.69, 9.17) is 13.9 Å². The molecule has 0 saturated carbocycles. The molecule has 1 N–H and O–H groups in total. The number of amides is 1. The Kier molecular flexibility index (Phi) is 7.31. The molecular weight excluding hydrogens is 436 g/mol. The summed E-state index contributed by atoms with van der Waals surface area (Å²) in [5, 5.41) is 11.7. The number of hydrogen-bond donors (Lipinski definition) is 1. The first-order valence-corrected chi connectivity index (χ1v) is 10.6. The van der Waals surface area contributed by atoms with Crippen LogP contribution in [0.25, 0.3) is 11.4 Å². The van der Waals surface area contributed by atoms with Crippen molar-refractivity contribution in [2.24, 2.45) is 0 Å². The molecule has 0 aliphatic carbocycles. The fourth-order valence-electron chi connectivity index (χ4n) is 3.00. The number of carbonyl (C=O) groups excluding carboxylic acids is 3. The van der Waals surface area contributed by atoms with Crippen molar-refractivity contribution in [3.63, 3.8) is 0 Å². The van der Waals surface area contributed by atoms with Crippen molar-refractivity contribution in [1.29, 1.82) is 0 Å². The normalized spacial score (nSPS) is 10.6. The van der Waals surface area contributed by atoms with Gasteiger partial charge in [-0.25, -0.2) is 9.59 Å². The van der Waals surface area contributed by atoms with Gasteiger partial charge >= 0.3 is 11.9 Å². The molecule has 2 heterocycles. The van der Waals surface area contributed by atoms with E-state index in [1.54, 1.807) is 6.26 Å². The van der Waals surface area contributed by atoms with Crippen molar-refractivity contribution in [1.82, 2.24) is 14.8 Å². The largest absolute Gasteiger partial charge is 0.469 e. The van der Waals surface area contributed by atoms with Gasteiger partial charge in [-0.2, -0.15) is 0 Å². The van der Waals surface area contributed by atoms with E-state index in [0.717, 1.165) is 11.3 Å². The molecule has 3 aromatic rings. The number of nitrogens with one attached hydrogen (secondary N) is 1. The second-order valence-corrected chi connectivity index (χ2v) is 7.50. The maximum atomic E-state index is 12.5. The van der Waals surface area contributed by atoms with Crippen molar-refractivity contribution in [3.8, 4) is 11.4 Å². The highest BCUT2D eigenvalue weighted by Gasteiger charge is 2.18. The van der Waals surface area contributed by atoms with Gasteiger partial charge in [0, 0.05) is 12.2 Å². The average Bonchev–Trinajstić information content (AvgIpc) is 3.41. The molecule has 0 radical (unpaired) electrons.